The number of rotatable bonds is 9. The van der Waals surface area contributed by atoms with E-state index in [0.29, 0.717) is 6.61 Å². The van der Waals surface area contributed by atoms with E-state index < -0.39 is 5.60 Å². The topological polar surface area (TPSA) is 50.8 Å². The van der Waals surface area contributed by atoms with E-state index in [0.717, 1.165) is 56.7 Å². The third-order valence-electron chi connectivity index (χ3n) is 5.69. The molecule has 1 N–H and O–H groups in total. The lowest BCUT2D eigenvalue weighted by Gasteiger charge is -2.27. The molecule has 1 amide bonds. The normalized spacial score (nSPS) is 19.7. The van der Waals surface area contributed by atoms with Gasteiger partial charge in [0, 0.05) is 18.8 Å². The van der Waals surface area contributed by atoms with Gasteiger partial charge in [0.05, 0.1) is 6.61 Å². The molecule has 1 aromatic carbocycles. The number of amides is 1. The number of piperidine rings is 1. The zero-order valence-corrected chi connectivity index (χ0v) is 16.7. The Kier molecular flexibility index (Phi) is 7.53. The Morgan fingerprint density at radius 1 is 1.07 bits per heavy atom. The van der Waals surface area contributed by atoms with Gasteiger partial charge in [-0.1, -0.05) is 6.42 Å². The lowest BCUT2D eigenvalue weighted by atomic mass is 10.0. The van der Waals surface area contributed by atoms with Gasteiger partial charge in [-0.2, -0.15) is 0 Å². The first-order valence-electron chi connectivity index (χ1n) is 10.6. The van der Waals surface area contributed by atoms with E-state index in [9.17, 15) is 4.79 Å². The molecular weight excluding hydrogens is 340 g/mol. The number of hydrogen-bond donors (Lipinski definition) is 1. The number of benzene rings is 1. The quantitative estimate of drug-likeness (QED) is 0.657. The molecule has 27 heavy (non-hydrogen) atoms. The number of anilines is 1. The summed E-state index contributed by atoms with van der Waals surface area (Å²) in [5, 5.41) is 3.02. The van der Waals surface area contributed by atoms with Gasteiger partial charge in [-0.05, 0) is 89.2 Å². The van der Waals surface area contributed by atoms with Crippen molar-refractivity contribution in [1.29, 1.82) is 0 Å². The van der Waals surface area contributed by atoms with Gasteiger partial charge in [0.25, 0.3) is 5.91 Å². The van der Waals surface area contributed by atoms with Crippen molar-refractivity contribution in [2.45, 2.75) is 63.9 Å². The molecule has 5 nitrogen and oxygen atoms in total. The van der Waals surface area contributed by atoms with E-state index in [-0.39, 0.29) is 5.91 Å². The number of hydrogen-bond acceptors (Lipinski definition) is 4. The summed E-state index contributed by atoms with van der Waals surface area (Å²) in [6.45, 7) is 6.83. The van der Waals surface area contributed by atoms with Crippen LogP contribution < -0.4 is 10.1 Å². The van der Waals surface area contributed by atoms with Crippen molar-refractivity contribution in [3.05, 3.63) is 24.3 Å². The Labute approximate surface area is 163 Å². The first-order chi connectivity index (χ1) is 13.2. The zero-order valence-electron chi connectivity index (χ0n) is 16.7. The van der Waals surface area contributed by atoms with Crippen LogP contribution in [0.4, 0.5) is 5.69 Å². The summed E-state index contributed by atoms with van der Waals surface area (Å²) in [5.74, 6) is 0.837. The number of carbonyl (C=O) groups is 1. The lowest BCUT2D eigenvalue weighted by Crippen LogP contribution is -2.43. The van der Waals surface area contributed by atoms with Gasteiger partial charge >= 0.3 is 0 Å². The second-order valence-corrected chi connectivity index (χ2v) is 7.72. The Morgan fingerprint density at radius 3 is 2.44 bits per heavy atom. The number of ether oxygens (including phenoxy) is 2. The van der Waals surface area contributed by atoms with Crippen molar-refractivity contribution in [1.82, 2.24) is 4.90 Å². The molecule has 2 aliphatic rings. The van der Waals surface area contributed by atoms with Crippen LogP contribution in [0.3, 0.4) is 0 Å². The predicted molar refractivity (Wildman–Crippen MR) is 108 cm³/mol. The Bertz CT molecular complexity index is 576. The third-order valence-corrected chi connectivity index (χ3v) is 5.69. The molecule has 1 aliphatic carbocycles. The highest BCUT2D eigenvalue weighted by atomic mass is 16.5. The molecule has 0 aromatic heterocycles. The van der Waals surface area contributed by atoms with Gasteiger partial charge in [-0.15, -0.1) is 0 Å². The summed E-state index contributed by atoms with van der Waals surface area (Å²) in [4.78, 5) is 15.2. The average Bonchev–Trinajstić information content (AvgIpc) is 3.18. The summed E-state index contributed by atoms with van der Waals surface area (Å²) in [7, 11) is 0. The summed E-state index contributed by atoms with van der Waals surface area (Å²) in [6.07, 6.45) is 8.82. The first-order valence-corrected chi connectivity index (χ1v) is 10.6. The van der Waals surface area contributed by atoms with Crippen LogP contribution >= 0.6 is 0 Å². The van der Waals surface area contributed by atoms with Gasteiger partial charge in [-0.3, -0.25) is 4.79 Å². The molecule has 3 rings (SSSR count). The van der Waals surface area contributed by atoms with E-state index in [1.54, 1.807) is 0 Å². The third kappa shape index (κ3) is 5.69. The molecular formula is C22H34N2O3. The van der Waals surface area contributed by atoms with Gasteiger partial charge in [-0.25, -0.2) is 0 Å². The number of nitrogens with zero attached hydrogens (tertiary/aromatic N) is 1. The van der Waals surface area contributed by atoms with Crippen molar-refractivity contribution in [3.8, 4) is 5.75 Å². The zero-order chi connectivity index (χ0) is 19.0. The van der Waals surface area contributed by atoms with Crippen LogP contribution in [-0.2, 0) is 9.53 Å². The SMILES string of the molecule is CCOC1(C(=O)Nc2ccc(OCCCN3CCCCC3)cc2)CCCC1. The van der Waals surface area contributed by atoms with Crippen LogP contribution in [0.5, 0.6) is 5.75 Å². The van der Waals surface area contributed by atoms with Gasteiger partial charge in [0.2, 0.25) is 0 Å². The Balaban J connectivity index is 1.42. The maximum Gasteiger partial charge on any atom is 0.256 e. The molecule has 1 aliphatic heterocycles. The number of likely N-dealkylation sites (tertiary alicyclic amines) is 1. The fraction of sp³-hybridized carbons (Fsp3) is 0.682. The molecule has 0 unspecified atom stereocenters. The average molecular weight is 375 g/mol. The van der Waals surface area contributed by atoms with Crippen LogP contribution in [0.25, 0.3) is 0 Å². The molecule has 0 radical (unpaired) electrons. The largest absolute Gasteiger partial charge is 0.494 e. The van der Waals surface area contributed by atoms with Crippen molar-refractivity contribution in [2.24, 2.45) is 0 Å². The van der Waals surface area contributed by atoms with E-state index in [1.807, 2.05) is 31.2 Å². The minimum absolute atomic E-state index is 0.0166. The van der Waals surface area contributed by atoms with Crippen molar-refractivity contribution in [3.63, 3.8) is 0 Å². The van der Waals surface area contributed by atoms with Crippen LogP contribution in [0.15, 0.2) is 24.3 Å². The molecule has 150 valence electrons. The van der Waals surface area contributed by atoms with E-state index in [1.165, 1.54) is 32.4 Å². The predicted octanol–water partition coefficient (Wildman–Crippen LogP) is 4.23. The molecule has 1 aromatic rings. The second kappa shape index (κ2) is 10.1. The Morgan fingerprint density at radius 2 is 1.78 bits per heavy atom. The summed E-state index contributed by atoms with van der Waals surface area (Å²) in [5.41, 5.74) is 0.157. The monoisotopic (exact) mass is 374 g/mol. The molecule has 0 spiro atoms. The molecule has 1 saturated carbocycles. The minimum Gasteiger partial charge on any atom is -0.494 e. The Hall–Kier alpha value is -1.59. The van der Waals surface area contributed by atoms with Crippen molar-refractivity contribution >= 4 is 11.6 Å². The highest BCUT2D eigenvalue weighted by molar-refractivity contribution is 5.97. The molecule has 1 saturated heterocycles. The number of nitrogens with one attached hydrogen (secondary N) is 1. The van der Waals surface area contributed by atoms with Crippen LogP contribution in [0.1, 0.15) is 58.3 Å². The van der Waals surface area contributed by atoms with Crippen LogP contribution in [0, 0.1) is 0 Å². The molecule has 5 heteroatoms. The van der Waals surface area contributed by atoms with E-state index in [4.69, 9.17) is 9.47 Å². The minimum atomic E-state index is -0.641. The lowest BCUT2D eigenvalue weighted by molar-refractivity contribution is -0.140. The molecule has 0 bridgehead atoms. The van der Waals surface area contributed by atoms with Gasteiger partial charge < -0.3 is 19.7 Å². The number of carbonyl (C=O) groups excluding carboxylic acids is 1. The van der Waals surface area contributed by atoms with Crippen LogP contribution in [-0.4, -0.2) is 49.3 Å². The fourth-order valence-corrected chi connectivity index (χ4v) is 4.20. The highest BCUT2D eigenvalue weighted by Gasteiger charge is 2.41. The van der Waals surface area contributed by atoms with Gasteiger partial charge in [0.1, 0.15) is 11.4 Å². The maximum absolute atomic E-state index is 12.7. The molecule has 2 fully saturated rings. The molecule has 0 atom stereocenters. The van der Waals surface area contributed by atoms with E-state index in [2.05, 4.69) is 10.2 Å². The van der Waals surface area contributed by atoms with Crippen molar-refractivity contribution in [2.75, 3.05) is 38.2 Å². The molecule has 1 heterocycles. The van der Waals surface area contributed by atoms with Gasteiger partial charge in [0.15, 0.2) is 0 Å². The maximum atomic E-state index is 12.7. The van der Waals surface area contributed by atoms with Crippen molar-refractivity contribution < 1.29 is 14.3 Å². The summed E-state index contributed by atoms with van der Waals surface area (Å²) >= 11 is 0. The second-order valence-electron chi connectivity index (χ2n) is 7.72. The van der Waals surface area contributed by atoms with Crippen LogP contribution in [0.2, 0.25) is 0 Å². The summed E-state index contributed by atoms with van der Waals surface area (Å²) < 4.78 is 11.7. The standard InChI is InChI=1S/C22H34N2O3/c1-2-27-22(13-4-5-14-22)21(25)23-19-9-11-20(12-10-19)26-18-8-17-24-15-6-3-7-16-24/h9-12H,2-8,13-18H2,1H3,(H,23,25). The smallest absolute Gasteiger partial charge is 0.256 e. The fourth-order valence-electron chi connectivity index (χ4n) is 4.20. The van der Waals surface area contributed by atoms with E-state index >= 15 is 0 Å². The highest BCUT2D eigenvalue weighted by Crippen LogP contribution is 2.34. The summed E-state index contributed by atoms with van der Waals surface area (Å²) in [6, 6.07) is 7.68. The first kappa shape index (κ1) is 20.2.